The molecular weight excluding hydrogens is 338 g/mol. The van der Waals surface area contributed by atoms with E-state index in [0.29, 0.717) is 24.3 Å². The van der Waals surface area contributed by atoms with Crippen LogP contribution in [-0.4, -0.2) is 40.0 Å². The summed E-state index contributed by atoms with van der Waals surface area (Å²) >= 11 is 6.10. The summed E-state index contributed by atoms with van der Waals surface area (Å²) in [5.41, 5.74) is 0. The lowest BCUT2D eigenvalue weighted by atomic mass is 10.2. The van der Waals surface area contributed by atoms with Crippen LogP contribution in [-0.2, 0) is 20.0 Å². The molecule has 0 atom stereocenters. The second-order valence-corrected chi connectivity index (χ2v) is 6.96. The zero-order valence-electron chi connectivity index (χ0n) is 14.9. The van der Waals surface area contributed by atoms with Gasteiger partial charge in [0, 0.05) is 33.1 Å². The lowest BCUT2D eigenvalue weighted by molar-refractivity contribution is 0.438. The third-order valence-corrected chi connectivity index (χ3v) is 5.01. The summed E-state index contributed by atoms with van der Waals surface area (Å²) in [4.78, 5) is 11.3. The molecule has 0 saturated heterocycles. The zero-order chi connectivity index (χ0) is 17.6. The molecule has 2 aromatic heterocycles. The molecule has 136 valence electrons. The van der Waals surface area contributed by atoms with Crippen LogP contribution in [0, 0.1) is 0 Å². The van der Waals surface area contributed by atoms with Crippen LogP contribution >= 0.6 is 11.6 Å². The fraction of sp³-hybridized carbons (Fsp3) is 0.556. The van der Waals surface area contributed by atoms with Crippen LogP contribution in [0.2, 0.25) is 5.15 Å². The highest BCUT2D eigenvalue weighted by Gasteiger charge is 2.19. The molecule has 3 rings (SSSR count). The first kappa shape index (κ1) is 17.9. The van der Waals surface area contributed by atoms with E-state index in [4.69, 9.17) is 21.0 Å². The fourth-order valence-corrected chi connectivity index (χ4v) is 3.26. The van der Waals surface area contributed by atoms with Crippen LogP contribution in [0.1, 0.15) is 37.3 Å². The first-order valence-corrected chi connectivity index (χ1v) is 9.22. The monoisotopic (exact) mass is 363 g/mol. The van der Waals surface area contributed by atoms with Crippen molar-refractivity contribution < 1.29 is 4.42 Å². The molecule has 0 spiro atoms. The number of hydrogen-bond donors (Lipinski definition) is 1. The number of rotatable bonds is 6. The Balaban J connectivity index is 1.66. The molecule has 0 aliphatic heterocycles. The Morgan fingerprint density at radius 1 is 1.48 bits per heavy atom. The van der Waals surface area contributed by atoms with Crippen molar-refractivity contribution in [3.05, 3.63) is 41.3 Å². The van der Waals surface area contributed by atoms with Gasteiger partial charge in [0.25, 0.3) is 0 Å². The molecule has 0 amide bonds. The van der Waals surface area contributed by atoms with Crippen LogP contribution in [0.3, 0.4) is 0 Å². The number of halogens is 1. The number of nitrogens with one attached hydrogen (secondary N) is 1. The molecule has 0 unspecified atom stereocenters. The van der Waals surface area contributed by atoms with Crippen LogP contribution in [0.4, 0.5) is 0 Å². The fourth-order valence-electron chi connectivity index (χ4n) is 3.11. The maximum Gasteiger partial charge on any atom is 0.194 e. The summed E-state index contributed by atoms with van der Waals surface area (Å²) in [6.07, 6.45) is 9.17. The van der Waals surface area contributed by atoms with E-state index in [1.807, 2.05) is 30.8 Å². The standard InChI is InChI=1S/C18H26ClN5O/c1-23(13-17-21-12-16(19)24(17)2)18(22-14-6-3-4-7-14)20-10-9-15-8-5-11-25-15/h5,8,11-12,14H,3-4,6-7,9-10,13H2,1-2H3,(H,20,22). The van der Waals surface area contributed by atoms with Crippen molar-refractivity contribution in [3.8, 4) is 0 Å². The Morgan fingerprint density at radius 2 is 2.28 bits per heavy atom. The normalized spacial score (nSPS) is 15.7. The Hall–Kier alpha value is -1.95. The summed E-state index contributed by atoms with van der Waals surface area (Å²) in [5, 5.41) is 4.26. The first-order valence-electron chi connectivity index (χ1n) is 8.84. The molecule has 7 heteroatoms. The van der Waals surface area contributed by atoms with Crippen LogP contribution < -0.4 is 5.32 Å². The molecule has 1 aliphatic carbocycles. The third kappa shape index (κ3) is 4.78. The average molecular weight is 364 g/mol. The highest BCUT2D eigenvalue weighted by molar-refractivity contribution is 6.29. The van der Waals surface area contributed by atoms with Gasteiger partial charge in [0.2, 0.25) is 0 Å². The lowest BCUT2D eigenvalue weighted by Crippen LogP contribution is -2.43. The van der Waals surface area contributed by atoms with Crippen molar-refractivity contribution in [3.63, 3.8) is 0 Å². The van der Waals surface area contributed by atoms with E-state index >= 15 is 0 Å². The molecule has 1 N–H and O–H groups in total. The molecule has 0 bridgehead atoms. The largest absolute Gasteiger partial charge is 0.469 e. The average Bonchev–Trinajstić information content (AvgIpc) is 3.34. The van der Waals surface area contributed by atoms with E-state index in [0.717, 1.165) is 24.0 Å². The SMILES string of the molecule is CN(Cc1ncc(Cl)n1C)C(=NCCc1ccco1)NC1CCCC1. The predicted octanol–water partition coefficient (Wildman–Crippen LogP) is 3.23. The minimum absolute atomic E-state index is 0.509. The maximum atomic E-state index is 6.10. The van der Waals surface area contributed by atoms with Crippen molar-refractivity contribution >= 4 is 17.6 Å². The summed E-state index contributed by atoms with van der Waals surface area (Å²) in [6, 6.07) is 4.40. The van der Waals surface area contributed by atoms with Crippen molar-refractivity contribution in [2.75, 3.05) is 13.6 Å². The summed E-state index contributed by atoms with van der Waals surface area (Å²) in [6.45, 7) is 1.34. The third-order valence-electron chi connectivity index (χ3n) is 4.66. The summed E-state index contributed by atoms with van der Waals surface area (Å²) < 4.78 is 7.29. The number of hydrogen-bond acceptors (Lipinski definition) is 3. The van der Waals surface area contributed by atoms with E-state index in [1.54, 1.807) is 12.5 Å². The Bertz CT molecular complexity index is 688. The van der Waals surface area contributed by atoms with E-state index in [1.165, 1.54) is 25.7 Å². The van der Waals surface area contributed by atoms with Gasteiger partial charge in [-0.05, 0) is 25.0 Å². The summed E-state index contributed by atoms with van der Waals surface area (Å²) in [7, 11) is 3.97. The van der Waals surface area contributed by atoms with Gasteiger partial charge in [-0.2, -0.15) is 0 Å². The van der Waals surface area contributed by atoms with Gasteiger partial charge in [-0.25, -0.2) is 4.98 Å². The lowest BCUT2D eigenvalue weighted by Gasteiger charge is -2.25. The van der Waals surface area contributed by atoms with Crippen molar-refractivity contribution in [1.82, 2.24) is 19.8 Å². The number of furan rings is 1. The van der Waals surface area contributed by atoms with Crippen LogP contribution in [0.15, 0.2) is 34.0 Å². The Kier molecular flexibility index (Phi) is 6.02. The number of aliphatic imine (C=N–C) groups is 1. The minimum Gasteiger partial charge on any atom is -0.469 e. The number of guanidine groups is 1. The van der Waals surface area contributed by atoms with Gasteiger partial charge in [-0.15, -0.1) is 0 Å². The Morgan fingerprint density at radius 3 is 2.92 bits per heavy atom. The van der Waals surface area contributed by atoms with Gasteiger partial charge in [-0.3, -0.25) is 4.99 Å². The van der Waals surface area contributed by atoms with Crippen LogP contribution in [0.5, 0.6) is 0 Å². The molecule has 0 aromatic carbocycles. The van der Waals surface area contributed by atoms with Gasteiger partial charge in [-0.1, -0.05) is 24.4 Å². The molecule has 2 aromatic rings. The van der Waals surface area contributed by atoms with Gasteiger partial charge < -0.3 is 19.2 Å². The number of aromatic nitrogens is 2. The smallest absolute Gasteiger partial charge is 0.194 e. The zero-order valence-corrected chi connectivity index (χ0v) is 15.7. The Labute approximate surface area is 153 Å². The van der Waals surface area contributed by atoms with Gasteiger partial charge in [0.05, 0.1) is 19.0 Å². The molecule has 0 radical (unpaired) electrons. The van der Waals surface area contributed by atoms with E-state index in [-0.39, 0.29) is 0 Å². The van der Waals surface area contributed by atoms with Gasteiger partial charge in [0.15, 0.2) is 5.96 Å². The topological polar surface area (TPSA) is 58.6 Å². The predicted molar refractivity (Wildman–Crippen MR) is 99.8 cm³/mol. The van der Waals surface area contributed by atoms with E-state index in [2.05, 4.69) is 15.2 Å². The minimum atomic E-state index is 0.509. The molecule has 6 nitrogen and oxygen atoms in total. The van der Waals surface area contributed by atoms with E-state index in [9.17, 15) is 0 Å². The molecule has 25 heavy (non-hydrogen) atoms. The highest BCUT2D eigenvalue weighted by Crippen LogP contribution is 2.18. The van der Waals surface area contributed by atoms with Crippen molar-refractivity contribution in [2.24, 2.45) is 12.0 Å². The van der Waals surface area contributed by atoms with Crippen molar-refractivity contribution in [1.29, 1.82) is 0 Å². The summed E-state index contributed by atoms with van der Waals surface area (Å²) in [5.74, 6) is 2.79. The van der Waals surface area contributed by atoms with Crippen molar-refractivity contribution in [2.45, 2.75) is 44.7 Å². The highest BCUT2D eigenvalue weighted by atomic mass is 35.5. The molecule has 1 fully saturated rings. The number of nitrogens with zero attached hydrogens (tertiary/aromatic N) is 4. The quantitative estimate of drug-likeness (QED) is 0.632. The second-order valence-electron chi connectivity index (χ2n) is 6.57. The molecular formula is C18H26ClN5O. The van der Waals surface area contributed by atoms with Crippen LogP contribution in [0.25, 0.3) is 0 Å². The molecule has 1 saturated carbocycles. The number of imidazole rings is 1. The van der Waals surface area contributed by atoms with Gasteiger partial charge in [0.1, 0.15) is 16.7 Å². The van der Waals surface area contributed by atoms with Gasteiger partial charge >= 0.3 is 0 Å². The maximum absolute atomic E-state index is 6.10. The molecule has 2 heterocycles. The van der Waals surface area contributed by atoms with E-state index < -0.39 is 0 Å². The molecule has 1 aliphatic rings. The second kappa shape index (κ2) is 8.43. The first-order chi connectivity index (χ1) is 12.1.